The highest BCUT2D eigenvalue weighted by molar-refractivity contribution is 7.71. The normalized spacial score (nSPS) is 10.7. The molecule has 0 unspecified atom stereocenters. The smallest absolute Gasteiger partial charge is 0.255 e. The minimum absolute atomic E-state index is 0.228. The van der Waals surface area contributed by atoms with Crippen molar-refractivity contribution in [1.82, 2.24) is 19.5 Å². The van der Waals surface area contributed by atoms with E-state index in [1.165, 1.54) is 18.5 Å². The first kappa shape index (κ1) is 15.2. The molecule has 0 saturated heterocycles. The van der Waals surface area contributed by atoms with Crippen molar-refractivity contribution in [1.29, 1.82) is 0 Å². The predicted molar refractivity (Wildman–Crippen MR) is 86.2 cm³/mol. The molecular formula is C16H13FN4OS. The third-order valence-corrected chi connectivity index (χ3v) is 3.70. The SMILES string of the molecule is O=c1[nH]c(=S)n(Cc2ccc(F)cc2)cc1Cc1cncnc1. The van der Waals surface area contributed by atoms with E-state index in [-0.39, 0.29) is 11.4 Å². The van der Waals surface area contributed by atoms with E-state index in [2.05, 4.69) is 15.0 Å². The molecule has 0 amide bonds. The van der Waals surface area contributed by atoms with Crippen LogP contribution in [0.25, 0.3) is 0 Å². The monoisotopic (exact) mass is 328 g/mol. The molecule has 3 rings (SSSR count). The standard InChI is InChI=1S/C16H13FN4OS/c17-14-3-1-11(2-4-14)8-21-9-13(15(22)20-16(21)23)5-12-6-18-10-19-7-12/h1-4,6-7,9-10H,5,8H2,(H,20,22,23). The molecule has 23 heavy (non-hydrogen) atoms. The first-order chi connectivity index (χ1) is 11.1. The first-order valence-electron chi connectivity index (χ1n) is 6.93. The molecule has 0 radical (unpaired) electrons. The highest BCUT2D eigenvalue weighted by Gasteiger charge is 2.06. The van der Waals surface area contributed by atoms with E-state index in [0.29, 0.717) is 23.3 Å². The molecular weight excluding hydrogens is 315 g/mol. The summed E-state index contributed by atoms with van der Waals surface area (Å²) >= 11 is 5.20. The molecule has 0 aliphatic rings. The van der Waals surface area contributed by atoms with Gasteiger partial charge in [-0.2, -0.15) is 0 Å². The minimum Gasteiger partial charge on any atom is -0.320 e. The Kier molecular flexibility index (Phi) is 4.38. The van der Waals surface area contributed by atoms with Gasteiger partial charge < -0.3 is 4.57 Å². The number of benzene rings is 1. The van der Waals surface area contributed by atoms with E-state index in [1.54, 1.807) is 35.3 Å². The quantitative estimate of drug-likeness (QED) is 0.747. The lowest BCUT2D eigenvalue weighted by atomic mass is 10.1. The lowest BCUT2D eigenvalue weighted by Gasteiger charge is -2.09. The molecule has 0 fully saturated rings. The number of hydrogen-bond acceptors (Lipinski definition) is 4. The molecule has 1 N–H and O–H groups in total. The van der Waals surface area contributed by atoms with Crippen molar-refractivity contribution in [2.45, 2.75) is 13.0 Å². The van der Waals surface area contributed by atoms with Gasteiger partial charge in [0.2, 0.25) is 0 Å². The highest BCUT2D eigenvalue weighted by atomic mass is 32.1. The van der Waals surface area contributed by atoms with Crippen LogP contribution in [0.5, 0.6) is 0 Å². The van der Waals surface area contributed by atoms with Crippen LogP contribution in [0.4, 0.5) is 4.39 Å². The summed E-state index contributed by atoms with van der Waals surface area (Å²) in [5.41, 5.74) is 2.07. The average Bonchev–Trinajstić information content (AvgIpc) is 2.55. The molecule has 2 aromatic heterocycles. The molecule has 3 aromatic rings. The molecule has 0 atom stereocenters. The van der Waals surface area contributed by atoms with Crippen molar-refractivity contribution < 1.29 is 4.39 Å². The average molecular weight is 328 g/mol. The third-order valence-electron chi connectivity index (χ3n) is 3.36. The van der Waals surface area contributed by atoms with Gasteiger partial charge in [0.05, 0.1) is 0 Å². The van der Waals surface area contributed by atoms with Gasteiger partial charge in [-0.3, -0.25) is 9.78 Å². The van der Waals surface area contributed by atoms with Crippen LogP contribution < -0.4 is 5.56 Å². The number of rotatable bonds is 4. The summed E-state index contributed by atoms with van der Waals surface area (Å²) in [6.07, 6.45) is 6.90. The van der Waals surface area contributed by atoms with Crippen molar-refractivity contribution >= 4 is 12.2 Å². The van der Waals surface area contributed by atoms with Gasteiger partial charge in [0.1, 0.15) is 12.1 Å². The Morgan fingerprint density at radius 1 is 1.13 bits per heavy atom. The van der Waals surface area contributed by atoms with Gasteiger partial charge >= 0.3 is 0 Å². The number of nitrogens with one attached hydrogen (secondary N) is 1. The second-order valence-corrected chi connectivity index (χ2v) is 5.48. The Bertz CT molecular complexity index is 919. The lowest BCUT2D eigenvalue weighted by Crippen LogP contribution is -2.18. The molecule has 1 aromatic carbocycles. The van der Waals surface area contributed by atoms with Crippen molar-refractivity contribution in [2.75, 3.05) is 0 Å². The summed E-state index contributed by atoms with van der Waals surface area (Å²) in [4.78, 5) is 22.6. The van der Waals surface area contributed by atoms with Gasteiger partial charge in [-0.05, 0) is 35.5 Å². The number of nitrogens with zero attached hydrogens (tertiary/aromatic N) is 3. The van der Waals surface area contributed by atoms with Crippen molar-refractivity contribution in [3.63, 3.8) is 0 Å². The summed E-state index contributed by atoms with van der Waals surface area (Å²) in [5, 5.41) is 0. The van der Waals surface area contributed by atoms with Crippen molar-refractivity contribution in [3.05, 3.63) is 86.8 Å². The Morgan fingerprint density at radius 3 is 2.52 bits per heavy atom. The summed E-state index contributed by atoms with van der Waals surface area (Å²) in [6, 6.07) is 6.17. The maximum Gasteiger partial charge on any atom is 0.255 e. The molecule has 0 aliphatic heterocycles. The summed E-state index contributed by atoms with van der Waals surface area (Å²) in [6.45, 7) is 0.453. The topological polar surface area (TPSA) is 63.6 Å². The maximum absolute atomic E-state index is 13.0. The number of H-pyrrole nitrogens is 1. The van der Waals surface area contributed by atoms with Crippen LogP contribution in [0.2, 0.25) is 0 Å². The fraction of sp³-hybridized carbons (Fsp3) is 0.125. The Labute approximate surface area is 136 Å². The van der Waals surface area contributed by atoms with Crippen molar-refractivity contribution in [3.8, 4) is 0 Å². The zero-order chi connectivity index (χ0) is 16.2. The van der Waals surface area contributed by atoms with E-state index in [9.17, 15) is 9.18 Å². The second kappa shape index (κ2) is 6.62. The summed E-state index contributed by atoms with van der Waals surface area (Å²) < 4.78 is 15.1. The summed E-state index contributed by atoms with van der Waals surface area (Å²) in [7, 11) is 0. The minimum atomic E-state index is -0.288. The van der Waals surface area contributed by atoms with Crippen LogP contribution in [-0.2, 0) is 13.0 Å². The first-order valence-corrected chi connectivity index (χ1v) is 7.33. The van der Waals surface area contributed by atoms with Crippen LogP contribution in [-0.4, -0.2) is 19.5 Å². The molecule has 116 valence electrons. The van der Waals surface area contributed by atoms with E-state index in [0.717, 1.165) is 11.1 Å². The van der Waals surface area contributed by atoms with Crippen LogP contribution in [0.1, 0.15) is 16.7 Å². The fourth-order valence-corrected chi connectivity index (χ4v) is 2.44. The van der Waals surface area contributed by atoms with Gasteiger partial charge in [-0.25, -0.2) is 14.4 Å². The Hall–Kier alpha value is -2.67. The maximum atomic E-state index is 13.0. The number of halogens is 1. The summed E-state index contributed by atoms with van der Waals surface area (Å²) in [5.74, 6) is -0.288. The molecule has 5 nitrogen and oxygen atoms in total. The zero-order valence-electron chi connectivity index (χ0n) is 12.1. The Balaban J connectivity index is 1.92. The zero-order valence-corrected chi connectivity index (χ0v) is 12.9. The number of aromatic nitrogens is 4. The van der Waals surface area contributed by atoms with E-state index >= 15 is 0 Å². The second-order valence-electron chi connectivity index (χ2n) is 5.09. The lowest BCUT2D eigenvalue weighted by molar-refractivity contribution is 0.626. The molecule has 0 spiro atoms. The van der Waals surface area contributed by atoms with Crippen LogP contribution in [0, 0.1) is 10.6 Å². The van der Waals surface area contributed by atoms with Crippen LogP contribution in [0.3, 0.4) is 0 Å². The largest absolute Gasteiger partial charge is 0.320 e. The van der Waals surface area contributed by atoms with Gasteiger partial charge in [0.15, 0.2) is 4.77 Å². The van der Waals surface area contributed by atoms with Gasteiger partial charge in [0, 0.05) is 37.1 Å². The van der Waals surface area contributed by atoms with Crippen LogP contribution >= 0.6 is 12.2 Å². The number of aromatic amines is 1. The van der Waals surface area contributed by atoms with Crippen molar-refractivity contribution in [2.24, 2.45) is 0 Å². The molecule has 0 bridgehead atoms. The van der Waals surface area contributed by atoms with E-state index in [1.807, 2.05) is 0 Å². The molecule has 2 heterocycles. The molecule has 0 saturated carbocycles. The third kappa shape index (κ3) is 3.75. The van der Waals surface area contributed by atoms with E-state index < -0.39 is 0 Å². The van der Waals surface area contributed by atoms with Crippen LogP contribution in [0.15, 0.2) is 54.0 Å². The van der Waals surface area contributed by atoms with Gasteiger partial charge in [-0.1, -0.05) is 12.1 Å². The highest BCUT2D eigenvalue weighted by Crippen LogP contribution is 2.07. The fourth-order valence-electron chi connectivity index (χ4n) is 2.23. The van der Waals surface area contributed by atoms with Gasteiger partial charge in [-0.15, -0.1) is 0 Å². The predicted octanol–water partition coefficient (Wildman–Crippen LogP) is 2.47. The number of hydrogen-bond donors (Lipinski definition) is 1. The van der Waals surface area contributed by atoms with Gasteiger partial charge in [0.25, 0.3) is 5.56 Å². The molecule has 7 heteroatoms. The van der Waals surface area contributed by atoms with E-state index in [4.69, 9.17) is 12.2 Å². The Morgan fingerprint density at radius 2 is 1.83 bits per heavy atom. The molecule has 0 aliphatic carbocycles.